The first kappa shape index (κ1) is 24.8. The molecule has 0 rings (SSSR count). The zero-order valence-electron chi connectivity index (χ0n) is 17.0. The largest absolute Gasteiger partial charge is 0.380 e. The molecular formula is C19H42N2O5. The van der Waals surface area contributed by atoms with Crippen molar-refractivity contribution in [3.8, 4) is 0 Å². The average Bonchev–Trinajstić information content (AvgIpc) is 2.63. The van der Waals surface area contributed by atoms with Crippen LogP contribution in [-0.4, -0.2) is 64.5 Å². The summed E-state index contributed by atoms with van der Waals surface area (Å²) in [6.07, 6.45) is 3.80. The van der Waals surface area contributed by atoms with E-state index in [1.807, 2.05) is 27.7 Å². The van der Waals surface area contributed by atoms with Crippen molar-refractivity contribution in [2.75, 3.05) is 52.7 Å². The number of ether oxygens (including phenoxy) is 3. The molecule has 0 saturated heterocycles. The lowest BCUT2D eigenvalue weighted by atomic mass is 9.89. The number of carbonyl (C=O) groups is 2. The first-order valence-electron chi connectivity index (χ1n) is 9.72. The molecule has 0 aliphatic carbocycles. The van der Waals surface area contributed by atoms with Crippen LogP contribution in [0.4, 0.5) is 0 Å². The minimum absolute atomic E-state index is 0. The fraction of sp³-hybridized carbons (Fsp3) is 0.895. The van der Waals surface area contributed by atoms with Crippen molar-refractivity contribution in [1.29, 1.82) is 0 Å². The van der Waals surface area contributed by atoms with Crippen LogP contribution in [0.5, 0.6) is 0 Å². The molecule has 0 aromatic rings. The monoisotopic (exact) mass is 378 g/mol. The first-order chi connectivity index (χ1) is 12.4. The van der Waals surface area contributed by atoms with Crippen LogP contribution in [-0.2, 0) is 23.8 Å². The van der Waals surface area contributed by atoms with Crippen molar-refractivity contribution < 1.29 is 26.7 Å². The summed E-state index contributed by atoms with van der Waals surface area (Å²) in [6.45, 7) is 11.9. The zero-order valence-corrected chi connectivity index (χ0v) is 17.0. The second-order valence-corrected chi connectivity index (χ2v) is 6.77. The Balaban J connectivity index is -0.00000312. The fourth-order valence-corrected chi connectivity index (χ4v) is 1.93. The molecule has 0 saturated carbocycles. The van der Waals surface area contributed by atoms with E-state index in [0.717, 1.165) is 25.7 Å². The van der Waals surface area contributed by atoms with Gasteiger partial charge in [-0.2, -0.15) is 0 Å². The molecule has 0 aromatic heterocycles. The molecule has 0 radical (unpaired) electrons. The van der Waals surface area contributed by atoms with Gasteiger partial charge in [-0.1, -0.05) is 20.8 Å². The molecule has 0 unspecified atom stereocenters. The molecular weight excluding hydrogens is 336 g/mol. The van der Waals surface area contributed by atoms with Crippen LogP contribution < -0.4 is 10.6 Å². The van der Waals surface area contributed by atoms with E-state index in [-0.39, 0.29) is 26.7 Å². The molecule has 0 aliphatic rings. The first-order valence-corrected chi connectivity index (χ1v) is 9.72. The molecule has 2 amide bonds. The molecule has 2 N–H and O–H groups in total. The maximum atomic E-state index is 11.9. The summed E-state index contributed by atoms with van der Waals surface area (Å²) < 4.78 is 16.0. The Morgan fingerprint density at radius 2 is 1.42 bits per heavy atom. The summed E-state index contributed by atoms with van der Waals surface area (Å²) in [7, 11) is 0. The van der Waals surface area contributed by atoms with Crippen LogP contribution in [0.1, 0.15) is 56.2 Å². The highest BCUT2D eigenvalue weighted by Gasteiger charge is 2.24. The number of rotatable bonds is 17. The van der Waals surface area contributed by atoms with Gasteiger partial charge in [0, 0.05) is 41.2 Å². The van der Waals surface area contributed by atoms with E-state index >= 15 is 0 Å². The topological polar surface area (TPSA) is 85.9 Å². The van der Waals surface area contributed by atoms with Crippen LogP contribution in [0, 0.1) is 5.41 Å². The maximum Gasteiger partial charge on any atom is 0.246 e. The third-order valence-corrected chi connectivity index (χ3v) is 4.11. The van der Waals surface area contributed by atoms with Gasteiger partial charge < -0.3 is 24.8 Å². The number of unbranched alkanes of at least 4 members (excludes halogenated alkanes) is 2. The Labute approximate surface area is 161 Å². The summed E-state index contributed by atoms with van der Waals surface area (Å²) in [4.78, 5) is 23.1. The number of hydrogen-bond donors (Lipinski definition) is 2. The number of carbonyl (C=O) groups excluding carboxylic acids is 2. The van der Waals surface area contributed by atoms with E-state index < -0.39 is 0 Å². The minimum atomic E-state index is -0.313. The van der Waals surface area contributed by atoms with E-state index in [4.69, 9.17) is 14.2 Å². The van der Waals surface area contributed by atoms with Gasteiger partial charge in [0.05, 0.1) is 13.2 Å². The van der Waals surface area contributed by atoms with E-state index in [1.165, 1.54) is 0 Å². The molecule has 0 spiro atoms. The maximum absolute atomic E-state index is 11.9. The van der Waals surface area contributed by atoms with Gasteiger partial charge in [-0.25, -0.2) is 0 Å². The Bertz CT molecular complexity index is 385. The molecule has 0 bridgehead atoms. The number of nitrogens with one attached hydrogen (secondary N) is 2. The molecule has 26 heavy (non-hydrogen) atoms. The summed E-state index contributed by atoms with van der Waals surface area (Å²) in [5, 5.41) is 5.63. The second kappa shape index (κ2) is 16.0. The standard InChI is InChI=1S/C19H38N2O5.2H2/c1-5-19(3,4)18(23)21-11-15-26-13-9-7-8-12-25-14-10-20-17(22)16-24-6-2;;/h5-16H2,1-4H3,(H,20,22)(H,21,23);2*1H. The molecule has 158 valence electrons. The second-order valence-electron chi connectivity index (χ2n) is 6.77. The predicted octanol–water partition coefficient (Wildman–Crippen LogP) is 2.39. The van der Waals surface area contributed by atoms with E-state index in [2.05, 4.69) is 10.6 Å². The summed E-state index contributed by atoms with van der Waals surface area (Å²) in [5.74, 6) is -0.0307. The van der Waals surface area contributed by atoms with E-state index in [9.17, 15) is 9.59 Å². The molecule has 7 heteroatoms. The normalized spacial score (nSPS) is 11.4. The lowest BCUT2D eigenvalue weighted by Crippen LogP contribution is -2.38. The van der Waals surface area contributed by atoms with Crippen molar-refractivity contribution >= 4 is 11.8 Å². The highest BCUT2D eigenvalue weighted by atomic mass is 16.5. The van der Waals surface area contributed by atoms with E-state index in [1.54, 1.807) is 0 Å². The lowest BCUT2D eigenvalue weighted by molar-refractivity contribution is -0.129. The van der Waals surface area contributed by atoms with Crippen LogP contribution >= 0.6 is 0 Å². The average molecular weight is 379 g/mol. The van der Waals surface area contributed by atoms with Gasteiger partial charge in [0.25, 0.3) is 0 Å². The molecule has 0 aromatic carbocycles. The predicted molar refractivity (Wildman–Crippen MR) is 106 cm³/mol. The van der Waals surface area contributed by atoms with Crippen LogP contribution in [0.3, 0.4) is 0 Å². The van der Waals surface area contributed by atoms with Gasteiger partial charge in [-0.15, -0.1) is 0 Å². The van der Waals surface area contributed by atoms with Crippen molar-refractivity contribution in [3.63, 3.8) is 0 Å². The molecule has 0 fully saturated rings. The Kier molecular flexibility index (Phi) is 15.3. The Morgan fingerprint density at radius 1 is 0.846 bits per heavy atom. The van der Waals surface area contributed by atoms with Gasteiger partial charge in [-0.3, -0.25) is 9.59 Å². The van der Waals surface area contributed by atoms with Gasteiger partial charge >= 0.3 is 0 Å². The van der Waals surface area contributed by atoms with Crippen LogP contribution in [0.2, 0.25) is 0 Å². The Morgan fingerprint density at radius 3 is 1.96 bits per heavy atom. The highest BCUT2D eigenvalue weighted by Crippen LogP contribution is 2.18. The molecule has 0 aliphatic heterocycles. The summed E-state index contributed by atoms with van der Waals surface area (Å²) >= 11 is 0. The minimum Gasteiger partial charge on any atom is -0.380 e. The fourth-order valence-electron chi connectivity index (χ4n) is 1.93. The van der Waals surface area contributed by atoms with Gasteiger partial charge in [-0.05, 0) is 32.6 Å². The third kappa shape index (κ3) is 14.0. The summed E-state index contributed by atoms with van der Waals surface area (Å²) in [5.41, 5.74) is -0.313. The summed E-state index contributed by atoms with van der Waals surface area (Å²) in [6, 6.07) is 0. The molecule has 0 heterocycles. The van der Waals surface area contributed by atoms with Crippen molar-refractivity contribution in [1.82, 2.24) is 10.6 Å². The van der Waals surface area contributed by atoms with E-state index in [0.29, 0.717) is 46.1 Å². The SMILES string of the molecule is CCOCC(=O)NCCOCCCCCOCCNC(=O)C(C)(C)CC.[HH].[HH]. The van der Waals surface area contributed by atoms with Gasteiger partial charge in [0.1, 0.15) is 6.61 Å². The van der Waals surface area contributed by atoms with Crippen LogP contribution in [0.15, 0.2) is 0 Å². The molecule has 7 nitrogen and oxygen atoms in total. The number of hydrogen-bond acceptors (Lipinski definition) is 5. The molecule has 0 atom stereocenters. The zero-order chi connectivity index (χ0) is 19.7. The van der Waals surface area contributed by atoms with Crippen LogP contribution in [0.25, 0.3) is 0 Å². The van der Waals surface area contributed by atoms with Crippen molar-refractivity contribution in [2.45, 2.75) is 53.4 Å². The third-order valence-electron chi connectivity index (χ3n) is 4.11. The van der Waals surface area contributed by atoms with Gasteiger partial charge in [0.15, 0.2) is 0 Å². The van der Waals surface area contributed by atoms with Crippen molar-refractivity contribution in [2.24, 2.45) is 5.41 Å². The van der Waals surface area contributed by atoms with Gasteiger partial charge in [0.2, 0.25) is 11.8 Å². The smallest absolute Gasteiger partial charge is 0.246 e. The quantitative estimate of drug-likeness (QED) is 0.380. The van der Waals surface area contributed by atoms with Crippen molar-refractivity contribution in [3.05, 3.63) is 0 Å². The Hall–Kier alpha value is -1.18. The highest BCUT2D eigenvalue weighted by molar-refractivity contribution is 5.81. The number of amides is 2. The lowest BCUT2D eigenvalue weighted by Gasteiger charge is -2.21.